The molecule has 0 aromatic rings. The molecule has 3 fully saturated rings. The molecule has 0 aromatic heterocycles. The topological polar surface area (TPSA) is 0 Å². The van der Waals surface area contributed by atoms with Crippen LogP contribution >= 0.6 is 0 Å². The van der Waals surface area contributed by atoms with E-state index in [1.165, 1.54) is 38.5 Å². The molecule has 0 bridgehead atoms. The maximum absolute atomic E-state index is 13.9. The molecule has 0 amide bonds. The van der Waals surface area contributed by atoms with Crippen molar-refractivity contribution in [2.24, 2.45) is 29.6 Å². The van der Waals surface area contributed by atoms with E-state index in [1.54, 1.807) is 0 Å². The summed E-state index contributed by atoms with van der Waals surface area (Å²) in [6.45, 7) is 2.36. The van der Waals surface area contributed by atoms with E-state index in [1.807, 2.05) is 0 Å². The van der Waals surface area contributed by atoms with Crippen molar-refractivity contribution in [2.75, 3.05) is 0 Å². The highest BCUT2D eigenvalue weighted by Gasteiger charge is 2.39. The summed E-state index contributed by atoms with van der Waals surface area (Å²) in [5.74, 6) is 3.37. The van der Waals surface area contributed by atoms with Gasteiger partial charge in [-0.2, -0.15) is 0 Å². The predicted molar refractivity (Wildman–Crippen MR) is 88.6 cm³/mol. The van der Waals surface area contributed by atoms with Crippen molar-refractivity contribution in [2.45, 2.75) is 96.1 Å². The number of rotatable bonds is 2. The van der Waals surface area contributed by atoms with Crippen LogP contribution in [0.5, 0.6) is 0 Å². The highest BCUT2D eigenvalue weighted by atomic mass is 19.2. The smallest absolute Gasteiger partial charge is 0.162 e. The normalized spacial score (nSPS) is 49.6. The summed E-state index contributed by atoms with van der Waals surface area (Å²) in [7, 11) is 0. The Labute approximate surface area is 139 Å². The van der Waals surface area contributed by atoms with Crippen LogP contribution in [0.1, 0.15) is 77.6 Å². The predicted octanol–water partition coefficient (Wildman–Crippen LogP) is 6.43. The van der Waals surface area contributed by atoms with Gasteiger partial charge in [-0.1, -0.05) is 19.8 Å². The molecular weight excluding hydrogens is 297 g/mol. The summed E-state index contributed by atoms with van der Waals surface area (Å²) in [4.78, 5) is 0. The van der Waals surface area contributed by atoms with Gasteiger partial charge in [0.2, 0.25) is 0 Å². The first-order valence-corrected chi connectivity index (χ1v) is 9.96. The maximum Gasteiger partial charge on any atom is 0.162 e. The molecule has 3 rings (SSSR count). The largest absolute Gasteiger partial charge is 0.244 e. The van der Waals surface area contributed by atoms with Gasteiger partial charge in [-0.25, -0.2) is 13.2 Å². The lowest BCUT2D eigenvalue weighted by Gasteiger charge is -2.39. The highest BCUT2D eigenvalue weighted by molar-refractivity contribution is 4.89. The van der Waals surface area contributed by atoms with E-state index in [0.29, 0.717) is 12.3 Å². The minimum Gasteiger partial charge on any atom is -0.244 e. The second-order valence-electron chi connectivity index (χ2n) is 8.74. The molecule has 4 unspecified atom stereocenters. The van der Waals surface area contributed by atoms with E-state index < -0.39 is 18.5 Å². The van der Waals surface area contributed by atoms with Crippen LogP contribution in [0.25, 0.3) is 0 Å². The zero-order chi connectivity index (χ0) is 16.4. The van der Waals surface area contributed by atoms with Gasteiger partial charge in [0.1, 0.15) is 12.3 Å². The van der Waals surface area contributed by atoms with Gasteiger partial charge in [-0.3, -0.25) is 0 Å². The maximum atomic E-state index is 13.9. The molecule has 134 valence electrons. The SMILES string of the molecule is CC1CCC(C2CCC(C3CCC(F)C(F)C(F)C3)CC2)CC1. The van der Waals surface area contributed by atoms with Crippen molar-refractivity contribution in [3.63, 3.8) is 0 Å². The van der Waals surface area contributed by atoms with Crippen molar-refractivity contribution in [3.05, 3.63) is 0 Å². The molecule has 0 heterocycles. The van der Waals surface area contributed by atoms with Gasteiger partial charge >= 0.3 is 0 Å². The number of halogens is 3. The molecule has 0 aliphatic heterocycles. The van der Waals surface area contributed by atoms with Crippen LogP contribution in [0.3, 0.4) is 0 Å². The van der Waals surface area contributed by atoms with Crippen molar-refractivity contribution in [3.8, 4) is 0 Å². The Balaban J connectivity index is 1.48. The summed E-state index contributed by atoms with van der Waals surface area (Å²) in [5, 5.41) is 0. The Kier molecular flexibility index (Phi) is 5.96. The van der Waals surface area contributed by atoms with Crippen LogP contribution in [-0.2, 0) is 0 Å². The Hall–Kier alpha value is -0.210. The quantitative estimate of drug-likeness (QED) is 0.511. The molecule has 3 aliphatic rings. The molecule has 23 heavy (non-hydrogen) atoms. The van der Waals surface area contributed by atoms with Gasteiger partial charge in [0.15, 0.2) is 6.17 Å². The van der Waals surface area contributed by atoms with Gasteiger partial charge in [0, 0.05) is 0 Å². The van der Waals surface area contributed by atoms with E-state index in [4.69, 9.17) is 0 Å². The van der Waals surface area contributed by atoms with E-state index >= 15 is 0 Å². The van der Waals surface area contributed by atoms with Crippen LogP contribution < -0.4 is 0 Å². The van der Waals surface area contributed by atoms with Crippen molar-refractivity contribution >= 4 is 0 Å². The Morgan fingerprint density at radius 1 is 0.522 bits per heavy atom. The Morgan fingerprint density at radius 2 is 0.957 bits per heavy atom. The van der Waals surface area contributed by atoms with Crippen LogP contribution in [0.15, 0.2) is 0 Å². The Morgan fingerprint density at radius 3 is 1.52 bits per heavy atom. The summed E-state index contributed by atoms with van der Waals surface area (Å²) in [5.41, 5.74) is 0. The third-order valence-electron chi connectivity index (χ3n) is 7.24. The minimum absolute atomic E-state index is 0.205. The van der Waals surface area contributed by atoms with Gasteiger partial charge in [-0.05, 0) is 87.4 Å². The van der Waals surface area contributed by atoms with E-state index in [0.717, 1.165) is 30.6 Å². The van der Waals surface area contributed by atoms with Gasteiger partial charge in [0.25, 0.3) is 0 Å². The molecule has 3 heteroatoms. The van der Waals surface area contributed by atoms with Gasteiger partial charge in [0.05, 0.1) is 0 Å². The first-order valence-electron chi connectivity index (χ1n) is 9.96. The van der Waals surface area contributed by atoms with Crippen molar-refractivity contribution in [1.82, 2.24) is 0 Å². The fourth-order valence-electron chi connectivity index (χ4n) is 5.57. The number of alkyl halides is 3. The zero-order valence-electron chi connectivity index (χ0n) is 14.5. The second kappa shape index (κ2) is 7.78. The van der Waals surface area contributed by atoms with Crippen molar-refractivity contribution in [1.29, 1.82) is 0 Å². The minimum atomic E-state index is -1.89. The fraction of sp³-hybridized carbons (Fsp3) is 1.00. The number of hydrogen-bond donors (Lipinski definition) is 0. The second-order valence-corrected chi connectivity index (χ2v) is 8.74. The van der Waals surface area contributed by atoms with Crippen LogP contribution in [0, 0.1) is 29.6 Å². The van der Waals surface area contributed by atoms with Gasteiger partial charge in [-0.15, -0.1) is 0 Å². The molecule has 4 atom stereocenters. The Bertz CT molecular complexity index is 356. The summed E-state index contributed by atoms with van der Waals surface area (Å²) in [6.07, 6.45) is 6.45. The van der Waals surface area contributed by atoms with Crippen molar-refractivity contribution < 1.29 is 13.2 Å². The third-order valence-corrected chi connectivity index (χ3v) is 7.24. The molecule has 0 N–H and O–H groups in total. The molecular formula is C20H33F3. The lowest BCUT2D eigenvalue weighted by molar-refractivity contribution is 0.0753. The zero-order valence-corrected chi connectivity index (χ0v) is 14.5. The molecule has 3 saturated carbocycles. The highest BCUT2D eigenvalue weighted by Crippen LogP contribution is 2.45. The average molecular weight is 330 g/mol. The lowest BCUT2D eigenvalue weighted by atomic mass is 9.67. The first-order chi connectivity index (χ1) is 11.0. The van der Waals surface area contributed by atoms with Crippen LogP contribution in [-0.4, -0.2) is 18.5 Å². The molecule has 3 aliphatic carbocycles. The summed E-state index contributed by atoms with van der Waals surface area (Å²) < 4.78 is 41.0. The van der Waals surface area contributed by atoms with Crippen LogP contribution in [0.2, 0.25) is 0 Å². The average Bonchev–Trinajstić information content (AvgIpc) is 2.69. The third kappa shape index (κ3) is 4.25. The fourth-order valence-corrected chi connectivity index (χ4v) is 5.57. The standard InChI is InChI=1S/C20H33F3/c1-13-2-4-14(5-3-13)15-6-8-16(9-7-15)17-10-11-18(21)20(23)19(22)12-17/h13-20H,2-12H2,1H3. The molecule has 0 nitrogen and oxygen atoms in total. The lowest BCUT2D eigenvalue weighted by Crippen LogP contribution is -2.29. The summed E-state index contributed by atoms with van der Waals surface area (Å²) >= 11 is 0. The van der Waals surface area contributed by atoms with Crippen LogP contribution in [0.4, 0.5) is 13.2 Å². The molecule has 0 spiro atoms. The molecule has 0 radical (unpaired) electrons. The van der Waals surface area contributed by atoms with E-state index in [2.05, 4.69) is 6.92 Å². The first kappa shape index (κ1) is 17.6. The van der Waals surface area contributed by atoms with E-state index in [-0.39, 0.29) is 18.8 Å². The van der Waals surface area contributed by atoms with Gasteiger partial charge < -0.3 is 0 Å². The molecule has 0 saturated heterocycles. The van der Waals surface area contributed by atoms with E-state index in [9.17, 15) is 13.2 Å². The number of hydrogen-bond acceptors (Lipinski definition) is 0. The molecule has 0 aromatic carbocycles. The summed E-state index contributed by atoms with van der Waals surface area (Å²) in [6, 6.07) is 0. The monoisotopic (exact) mass is 330 g/mol.